The van der Waals surface area contributed by atoms with E-state index in [-0.39, 0.29) is 24.2 Å². The molecular weight excluding hydrogens is 544 g/mol. The second-order valence-corrected chi connectivity index (χ2v) is 11.5. The van der Waals surface area contributed by atoms with E-state index in [0.717, 1.165) is 21.5 Å². The Kier molecular flexibility index (Phi) is 8.61. The van der Waals surface area contributed by atoms with E-state index in [9.17, 15) is 14.4 Å². The van der Waals surface area contributed by atoms with Crippen LogP contribution in [-0.2, 0) is 16.0 Å². The molecule has 5 rings (SSSR count). The highest BCUT2D eigenvalue weighted by Gasteiger charge is 2.38. The molecule has 2 amide bonds. The summed E-state index contributed by atoms with van der Waals surface area (Å²) in [6.45, 7) is 7.69. The number of benzene rings is 3. The van der Waals surface area contributed by atoms with Crippen molar-refractivity contribution in [3.63, 3.8) is 0 Å². The van der Waals surface area contributed by atoms with Crippen LogP contribution in [-0.4, -0.2) is 69.0 Å². The summed E-state index contributed by atoms with van der Waals surface area (Å²) >= 11 is 0. The van der Waals surface area contributed by atoms with E-state index < -0.39 is 17.7 Å². The summed E-state index contributed by atoms with van der Waals surface area (Å²) in [6, 6.07) is 28.4. The Morgan fingerprint density at radius 3 is 2.00 bits per heavy atom. The Morgan fingerprint density at radius 2 is 1.42 bits per heavy atom. The summed E-state index contributed by atoms with van der Waals surface area (Å²) in [7, 11) is 0. The van der Waals surface area contributed by atoms with Crippen molar-refractivity contribution in [2.75, 3.05) is 19.6 Å². The van der Waals surface area contributed by atoms with Crippen molar-refractivity contribution >= 4 is 18.0 Å². The Bertz CT molecular complexity index is 1580. The maximum absolute atomic E-state index is 14.6. The number of ether oxygens (including phenoxy) is 1. The van der Waals surface area contributed by atoms with E-state index in [4.69, 9.17) is 9.57 Å². The molecular formula is C34H36N4O5. The lowest BCUT2D eigenvalue weighted by atomic mass is 9.97. The van der Waals surface area contributed by atoms with Gasteiger partial charge in [0.05, 0.1) is 6.04 Å². The lowest BCUT2D eigenvalue weighted by Gasteiger charge is -2.41. The van der Waals surface area contributed by atoms with Gasteiger partial charge in [0.1, 0.15) is 11.3 Å². The van der Waals surface area contributed by atoms with E-state index in [1.165, 1.54) is 6.92 Å². The largest absolute Gasteiger partial charge is 0.444 e. The average molecular weight is 581 g/mol. The lowest BCUT2D eigenvalue weighted by Crippen LogP contribution is -2.58. The van der Waals surface area contributed by atoms with Gasteiger partial charge in [0, 0.05) is 37.7 Å². The van der Waals surface area contributed by atoms with Crippen LogP contribution in [0.4, 0.5) is 4.79 Å². The molecule has 1 saturated heterocycles. The van der Waals surface area contributed by atoms with Crippen LogP contribution in [0.25, 0.3) is 22.4 Å². The second kappa shape index (κ2) is 12.5. The molecule has 0 N–H and O–H groups in total. The minimum Gasteiger partial charge on any atom is -0.444 e. The normalized spacial score (nSPS) is 15.2. The molecule has 222 valence electrons. The van der Waals surface area contributed by atoms with Crippen molar-refractivity contribution in [3.05, 3.63) is 102 Å². The van der Waals surface area contributed by atoms with Gasteiger partial charge in [-0.25, -0.2) is 9.59 Å². The predicted octanol–water partition coefficient (Wildman–Crippen LogP) is 5.50. The monoisotopic (exact) mass is 580 g/mol. The highest BCUT2D eigenvalue weighted by molar-refractivity contribution is 6.03. The predicted molar refractivity (Wildman–Crippen MR) is 163 cm³/mol. The molecule has 0 bridgehead atoms. The maximum atomic E-state index is 14.6. The standard InChI is InChI=1S/C34H36N4O5/c1-24(39)43-38-31(27-18-12-7-13-19-27)29(26-16-10-6-11-17-26)30(35-38)32(40)37-21-20-36(33(41)42-34(2,3)4)23-28(37)22-25-14-8-5-9-15-25/h5-19,28H,20-23H2,1-4H3/t28-/m1/s1. The van der Waals surface area contributed by atoms with Crippen LogP contribution in [0.1, 0.15) is 43.7 Å². The number of nitrogens with zero attached hydrogens (tertiary/aromatic N) is 4. The summed E-state index contributed by atoms with van der Waals surface area (Å²) in [4.78, 5) is 49.9. The van der Waals surface area contributed by atoms with E-state index in [0.29, 0.717) is 30.8 Å². The number of carbonyl (C=O) groups is 3. The van der Waals surface area contributed by atoms with E-state index in [1.54, 1.807) is 9.80 Å². The number of aromatic nitrogens is 2. The molecule has 0 radical (unpaired) electrons. The Labute approximate surface area is 251 Å². The third-order valence-corrected chi connectivity index (χ3v) is 7.09. The zero-order valence-corrected chi connectivity index (χ0v) is 24.9. The fourth-order valence-electron chi connectivity index (χ4n) is 5.28. The van der Waals surface area contributed by atoms with Crippen molar-refractivity contribution in [2.24, 2.45) is 0 Å². The molecule has 1 aliphatic rings. The molecule has 43 heavy (non-hydrogen) atoms. The van der Waals surface area contributed by atoms with Crippen molar-refractivity contribution in [1.29, 1.82) is 0 Å². The van der Waals surface area contributed by atoms with Gasteiger partial charge in [0.25, 0.3) is 5.91 Å². The Hall–Kier alpha value is -4.92. The van der Waals surface area contributed by atoms with Crippen molar-refractivity contribution in [1.82, 2.24) is 19.7 Å². The van der Waals surface area contributed by atoms with Crippen molar-refractivity contribution in [2.45, 2.75) is 45.8 Å². The van der Waals surface area contributed by atoms with Gasteiger partial charge in [-0.3, -0.25) is 4.79 Å². The van der Waals surface area contributed by atoms with Crippen LogP contribution in [0.15, 0.2) is 91.0 Å². The first-order chi connectivity index (χ1) is 20.6. The molecule has 9 nitrogen and oxygen atoms in total. The van der Waals surface area contributed by atoms with Crippen LogP contribution in [0.3, 0.4) is 0 Å². The fraction of sp³-hybridized carbons (Fsp3) is 0.294. The molecule has 0 saturated carbocycles. The molecule has 1 aromatic heterocycles. The molecule has 2 heterocycles. The van der Waals surface area contributed by atoms with Crippen molar-refractivity contribution in [3.8, 4) is 22.4 Å². The van der Waals surface area contributed by atoms with Gasteiger partial charge in [-0.15, -0.1) is 5.10 Å². The zero-order valence-electron chi connectivity index (χ0n) is 24.9. The van der Waals surface area contributed by atoms with E-state index in [1.807, 2.05) is 112 Å². The summed E-state index contributed by atoms with van der Waals surface area (Å²) in [5.41, 5.74) is 3.12. The molecule has 0 aliphatic carbocycles. The van der Waals surface area contributed by atoms with E-state index >= 15 is 0 Å². The van der Waals surface area contributed by atoms with Crippen molar-refractivity contribution < 1.29 is 24.0 Å². The molecule has 4 aromatic rings. The van der Waals surface area contributed by atoms with Gasteiger partial charge in [-0.05, 0) is 38.3 Å². The highest BCUT2D eigenvalue weighted by atomic mass is 16.7. The summed E-state index contributed by atoms with van der Waals surface area (Å²) in [5.74, 6) is -0.877. The van der Waals surface area contributed by atoms with Crippen LogP contribution in [0, 0.1) is 0 Å². The molecule has 1 aliphatic heterocycles. The molecule has 0 unspecified atom stereocenters. The molecule has 1 fully saturated rings. The SMILES string of the molecule is CC(=O)On1nc(C(=O)N2CCN(C(=O)OC(C)(C)C)C[C@H]2Cc2ccccc2)c(-c2ccccc2)c1-c1ccccc1. The zero-order chi connectivity index (χ0) is 30.6. The average Bonchev–Trinajstić information content (AvgIpc) is 3.35. The summed E-state index contributed by atoms with van der Waals surface area (Å²) < 4.78 is 5.66. The van der Waals surface area contributed by atoms with Gasteiger partial charge in [0.2, 0.25) is 0 Å². The number of carbonyl (C=O) groups excluding carboxylic acids is 3. The maximum Gasteiger partial charge on any atom is 0.410 e. The molecule has 3 aromatic carbocycles. The van der Waals surface area contributed by atoms with Crippen LogP contribution in [0.2, 0.25) is 0 Å². The molecule has 0 spiro atoms. The number of amides is 2. The van der Waals surface area contributed by atoms with Gasteiger partial charge >= 0.3 is 12.1 Å². The number of hydrogen-bond donors (Lipinski definition) is 0. The lowest BCUT2D eigenvalue weighted by molar-refractivity contribution is -0.142. The third kappa shape index (κ3) is 6.94. The fourth-order valence-corrected chi connectivity index (χ4v) is 5.28. The Morgan fingerprint density at radius 1 is 0.837 bits per heavy atom. The summed E-state index contributed by atoms with van der Waals surface area (Å²) in [5, 5.41) is 4.60. The second-order valence-electron chi connectivity index (χ2n) is 11.5. The summed E-state index contributed by atoms with van der Waals surface area (Å²) in [6.07, 6.45) is 0.121. The quantitative estimate of drug-likeness (QED) is 0.299. The molecule has 9 heteroatoms. The number of hydrogen-bond acceptors (Lipinski definition) is 6. The smallest absolute Gasteiger partial charge is 0.410 e. The molecule has 1 atom stereocenters. The Balaban J connectivity index is 1.59. The minimum atomic E-state index is -0.638. The van der Waals surface area contributed by atoms with Gasteiger partial charge < -0.3 is 19.4 Å². The van der Waals surface area contributed by atoms with Crippen LogP contribution < -0.4 is 4.84 Å². The highest BCUT2D eigenvalue weighted by Crippen LogP contribution is 2.36. The van der Waals surface area contributed by atoms with Gasteiger partial charge in [-0.1, -0.05) is 95.8 Å². The van der Waals surface area contributed by atoms with Gasteiger partial charge in [0.15, 0.2) is 5.69 Å². The number of rotatable bonds is 6. The third-order valence-electron chi connectivity index (χ3n) is 7.09. The van der Waals surface area contributed by atoms with E-state index in [2.05, 4.69) is 5.10 Å². The number of piperazine rings is 1. The topological polar surface area (TPSA) is 94.0 Å². The minimum absolute atomic E-state index is 0.162. The van der Waals surface area contributed by atoms with Crippen LogP contribution >= 0.6 is 0 Å². The first-order valence-corrected chi connectivity index (χ1v) is 14.4. The van der Waals surface area contributed by atoms with Crippen LogP contribution in [0.5, 0.6) is 0 Å². The first-order valence-electron chi connectivity index (χ1n) is 14.4. The van der Waals surface area contributed by atoms with Gasteiger partial charge in [-0.2, -0.15) is 0 Å². The first kappa shape index (κ1) is 29.6.